The van der Waals surface area contributed by atoms with Gasteiger partial charge in [-0.3, -0.25) is 4.79 Å². The van der Waals surface area contributed by atoms with Gasteiger partial charge in [0.2, 0.25) is 5.95 Å². The minimum absolute atomic E-state index is 0.247. The Morgan fingerprint density at radius 1 is 0.955 bits per heavy atom. The fourth-order valence-electron chi connectivity index (χ4n) is 1.75. The van der Waals surface area contributed by atoms with Crippen LogP contribution in [0.2, 0.25) is 0 Å². The molecule has 0 aliphatic rings. The van der Waals surface area contributed by atoms with E-state index in [2.05, 4.69) is 30.6 Å². The van der Waals surface area contributed by atoms with Gasteiger partial charge < -0.3 is 10.6 Å². The predicted molar refractivity (Wildman–Crippen MR) is 81.7 cm³/mol. The second kappa shape index (κ2) is 6.40. The lowest BCUT2D eigenvalue weighted by Gasteiger charge is -2.06. The highest BCUT2D eigenvalue weighted by atomic mass is 16.1. The third kappa shape index (κ3) is 3.40. The molecular weight excluding hydrogens is 280 g/mol. The quantitative estimate of drug-likeness (QED) is 0.766. The molecule has 108 valence electrons. The van der Waals surface area contributed by atoms with Crippen molar-refractivity contribution >= 4 is 23.2 Å². The number of carbonyl (C=O) groups is 1. The van der Waals surface area contributed by atoms with E-state index in [0.717, 1.165) is 5.69 Å². The number of aromatic nitrogens is 4. The van der Waals surface area contributed by atoms with E-state index in [1.54, 1.807) is 0 Å². The number of para-hydroxylation sites is 1. The van der Waals surface area contributed by atoms with Crippen LogP contribution in [0.3, 0.4) is 0 Å². The van der Waals surface area contributed by atoms with Crippen molar-refractivity contribution < 1.29 is 4.79 Å². The lowest BCUT2D eigenvalue weighted by molar-refractivity contribution is 0.102. The van der Waals surface area contributed by atoms with Crippen LogP contribution < -0.4 is 10.6 Å². The summed E-state index contributed by atoms with van der Waals surface area (Å²) in [6.07, 6.45) is 5.93. The Morgan fingerprint density at radius 3 is 2.50 bits per heavy atom. The summed E-state index contributed by atoms with van der Waals surface area (Å²) in [5.41, 5.74) is 1.59. The lowest BCUT2D eigenvalue weighted by atomic mass is 10.3. The topological polar surface area (TPSA) is 92.7 Å². The van der Waals surface area contributed by atoms with Gasteiger partial charge in [0.05, 0.1) is 18.1 Å². The van der Waals surface area contributed by atoms with E-state index in [0.29, 0.717) is 11.6 Å². The van der Waals surface area contributed by atoms with Crippen LogP contribution in [-0.4, -0.2) is 25.8 Å². The standard InChI is InChI=1S/C15H12N6O/c22-14(19-12-8-16-10-17-9-12)13-6-7-18-15(21-13)20-11-4-2-1-3-5-11/h1-10H,(H,19,22)(H,18,20,21). The summed E-state index contributed by atoms with van der Waals surface area (Å²) in [7, 11) is 0. The molecule has 2 heterocycles. The maximum atomic E-state index is 12.1. The van der Waals surface area contributed by atoms with Gasteiger partial charge in [-0.25, -0.2) is 19.9 Å². The van der Waals surface area contributed by atoms with Crippen molar-refractivity contribution in [2.24, 2.45) is 0 Å². The zero-order chi connectivity index (χ0) is 15.2. The highest BCUT2D eigenvalue weighted by molar-refractivity contribution is 6.02. The van der Waals surface area contributed by atoms with E-state index in [-0.39, 0.29) is 11.6 Å². The molecular formula is C15H12N6O. The van der Waals surface area contributed by atoms with Gasteiger partial charge in [0.1, 0.15) is 12.0 Å². The van der Waals surface area contributed by atoms with E-state index in [1.807, 2.05) is 30.3 Å². The van der Waals surface area contributed by atoms with Crippen LogP contribution in [0.25, 0.3) is 0 Å². The summed E-state index contributed by atoms with van der Waals surface area (Å²) in [6, 6.07) is 11.0. The van der Waals surface area contributed by atoms with Crippen LogP contribution in [0.4, 0.5) is 17.3 Å². The van der Waals surface area contributed by atoms with Crippen LogP contribution in [0.15, 0.2) is 61.3 Å². The van der Waals surface area contributed by atoms with E-state index in [9.17, 15) is 4.79 Å². The fraction of sp³-hybridized carbons (Fsp3) is 0. The Hall–Kier alpha value is -3.35. The van der Waals surface area contributed by atoms with E-state index in [1.165, 1.54) is 31.0 Å². The Labute approximate surface area is 126 Å². The summed E-state index contributed by atoms with van der Waals surface area (Å²) in [5.74, 6) is -0.00327. The molecule has 0 bridgehead atoms. The molecule has 7 heteroatoms. The molecule has 1 aromatic carbocycles. The molecule has 7 nitrogen and oxygen atoms in total. The molecule has 1 amide bonds. The molecule has 3 rings (SSSR count). The number of benzene rings is 1. The Bertz CT molecular complexity index is 763. The average Bonchev–Trinajstić information content (AvgIpc) is 2.57. The summed E-state index contributed by atoms with van der Waals surface area (Å²) in [5, 5.41) is 5.70. The molecule has 0 fully saturated rings. The molecule has 0 spiro atoms. The van der Waals surface area contributed by atoms with Crippen molar-refractivity contribution in [2.75, 3.05) is 10.6 Å². The van der Waals surface area contributed by atoms with Gasteiger partial charge in [0.25, 0.3) is 5.91 Å². The average molecular weight is 292 g/mol. The van der Waals surface area contributed by atoms with Crippen molar-refractivity contribution in [1.29, 1.82) is 0 Å². The number of nitrogens with zero attached hydrogens (tertiary/aromatic N) is 4. The fourth-order valence-corrected chi connectivity index (χ4v) is 1.75. The van der Waals surface area contributed by atoms with Crippen molar-refractivity contribution in [3.63, 3.8) is 0 Å². The Morgan fingerprint density at radius 2 is 1.73 bits per heavy atom. The first-order valence-corrected chi connectivity index (χ1v) is 6.53. The van der Waals surface area contributed by atoms with Crippen molar-refractivity contribution in [3.8, 4) is 0 Å². The predicted octanol–water partition coefficient (Wildman–Crippen LogP) is 2.26. The minimum atomic E-state index is -0.353. The van der Waals surface area contributed by atoms with Gasteiger partial charge in [-0.05, 0) is 18.2 Å². The molecule has 0 aliphatic carbocycles. The molecule has 3 aromatic rings. The normalized spacial score (nSPS) is 10.0. The number of anilines is 3. The zero-order valence-corrected chi connectivity index (χ0v) is 11.5. The first kappa shape index (κ1) is 13.6. The number of amides is 1. The molecule has 0 atom stereocenters. The maximum absolute atomic E-state index is 12.1. The summed E-state index contributed by atoms with van der Waals surface area (Å²) in [6.45, 7) is 0. The maximum Gasteiger partial charge on any atom is 0.274 e. The second-order valence-electron chi connectivity index (χ2n) is 4.34. The number of hydrogen-bond acceptors (Lipinski definition) is 6. The summed E-state index contributed by atoms with van der Waals surface area (Å²) in [4.78, 5) is 28.1. The molecule has 2 N–H and O–H groups in total. The Kier molecular flexibility index (Phi) is 3.96. The van der Waals surface area contributed by atoms with E-state index in [4.69, 9.17) is 0 Å². The van der Waals surface area contributed by atoms with Gasteiger partial charge in [-0.1, -0.05) is 18.2 Å². The molecule has 0 radical (unpaired) electrons. The van der Waals surface area contributed by atoms with E-state index < -0.39 is 0 Å². The molecule has 0 unspecified atom stereocenters. The van der Waals surface area contributed by atoms with Gasteiger partial charge >= 0.3 is 0 Å². The number of carbonyl (C=O) groups excluding carboxylic acids is 1. The summed E-state index contributed by atoms with van der Waals surface area (Å²) >= 11 is 0. The largest absolute Gasteiger partial charge is 0.324 e. The third-order valence-electron chi connectivity index (χ3n) is 2.74. The molecule has 0 saturated carbocycles. The van der Waals surface area contributed by atoms with Crippen LogP contribution in [0, 0.1) is 0 Å². The van der Waals surface area contributed by atoms with Gasteiger partial charge in [-0.2, -0.15) is 0 Å². The minimum Gasteiger partial charge on any atom is -0.324 e. The van der Waals surface area contributed by atoms with Gasteiger partial charge in [0.15, 0.2) is 0 Å². The van der Waals surface area contributed by atoms with Crippen LogP contribution in [0.5, 0.6) is 0 Å². The highest BCUT2D eigenvalue weighted by Gasteiger charge is 2.09. The smallest absolute Gasteiger partial charge is 0.274 e. The lowest BCUT2D eigenvalue weighted by Crippen LogP contribution is -2.15. The van der Waals surface area contributed by atoms with Crippen molar-refractivity contribution in [1.82, 2.24) is 19.9 Å². The van der Waals surface area contributed by atoms with Crippen molar-refractivity contribution in [3.05, 3.63) is 67.0 Å². The van der Waals surface area contributed by atoms with Crippen LogP contribution >= 0.6 is 0 Å². The number of nitrogens with one attached hydrogen (secondary N) is 2. The first-order valence-electron chi connectivity index (χ1n) is 6.53. The molecule has 22 heavy (non-hydrogen) atoms. The summed E-state index contributed by atoms with van der Waals surface area (Å²) < 4.78 is 0. The first-order chi connectivity index (χ1) is 10.8. The van der Waals surface area contributed by atoms with E-state index >= 15 is 0 Å². The third-order valence-corrected chi connectivity index (χ3v) is 2.74. The Balaban J connectivity index is 1.75. The highest BCUT2D eigenvalue weighted by Crippen LogP contribution is 2.12. The SMILES string of the molecule is O=C(Nc1cncnc1)c1ccnc(Nc2ccccc2)n1. The van der Waals surface area contributed by atoms with Gasteiger partial charge in [0, 0.05) is 11.9 Å². The number of hydrogen-bond donors (Lipinski definition) is 2. The van der Waals surface area contributed by atoms with Crippen LogP contribution in [-0.2, 0) is 0 Å². The number of rotatable bonds is 4. The zero-order valence-electron chi connectivity index (χ0n) is 11.5. The molecule has 2 aromatic heterocycles. The van der Waals surface area contributed by atoms with Gasteiger partial charge in [-0.15, -0.1) is 0 Å². The molecule has 0 aliphatic heterocycles. The van der Waals surface area contributed by atoms with Crippen LogP contribution in [0.1, 0.15) is 10.5 Å². The van der Waals surface area contributed by atoms with Crippen molar-refractivity contribution in [2.45, 2.75) is 0 Å². The molecule has 0 saturated heterocycles. The second-order valence-corrected chi connectivity index (χ2v) is 4.34. The monoisotopic (exact) mass is 292 g/mol.